The average Bonchev–Trinajstić information content (AvgIpc) is 2.71. The summed E-state index contributed by atoms with van der Waals surface area (Å²) in [5, 5.41) is 0. The third-order valence-corrected chi connectivity index (χ3v) is 2.56. The molecule has 0 spiro atoms. The molecule has 1 heterocycles. The Labute approximate surface area is 134 Å². The smallest absolute Gasteiger partial charge is 0.317 e. The lowest BCUT2D eigenvalue weighted by atomic mass is 10.2. The fourth-order valence-electron chi connectivity index (χ4n) is 1.67. The van der Waals surface area contributed by atoms with E-state index in [0.29, 0.717) is 0 Å². The SMILES string of the molecule is CC(C)(C)OC(=O)CC(=O)OCCOCCN1C(=O)C=CC1=O. The number of amides is 2. The fraction of sp³-hybridized carbons (Fsp3) is 0.600. The van der Waals surface area contributed by atoms with Crippen LogP contribution in [0.4, 0.5) is 0 Å². The molecular formula is C15H21NO7. The molecule has 0 saturated carbocycles. The average molecular weight is 327 g/mol. The topological polar surface area (TPSA) is 99.2 Å². The number of hydrogen-bond donors (Lipinski definition) is 0. The van der Waals surface area contributed by atoms with Gasteiger partial charge in [-0.25, -0.2) is 0 Å². The maximum atomic E-state index is 11.4. The van der Waals surface area contributed by atoms with Gasteiger partial charge in [0.1, 0.15) is 18.6 Å². The zero-order valence-corrected chi connectivity index (χ0v) is 13.5. The Balaban J connectivity index is 2.06. The van der Waals surface area contributed by atoms with Crippen molar-refractivity contribution < 1.29 is 33.4 Å². The van der Waals surface area contributed by atoms with Crippen LogP contribution in [0.3, 0.4) is 0 Å². The summed E-state index contributed by atoms with van der Waals surface area (Å²) in [4.78, 5) is 46.3. The molecule has 0 atom stereocenters. The molecule has 1 aliphatic heterocycles. The third-order valence-electron chi connectivity index (χ3n) is 2.56. The van der Waals surface area contributed by atoms with E-state index in [-0.39, 0.29) is 38.2 Å². The lowest BCUT2D eigenvalue weighted by molar-refractivity contribution is -0.162. The second kappa shape index (κ2) is 8.42. The Hall–Kier alpha value is -2.22. The standard InChI is InChI=1S/C15H21NO7/c1-15(2,3)23-14(20)10-13(19)22-9-8-21-7-6-16-11(17)4-5-12(16)18/h4-5H,6-10H2,1-3H3. The summed E-state index contributed by atoms with van der Waals surface area (Å²) in [6, 6.07) is 0. The highest BCUT2D eigenvalue weighted by atomic mass is 16.6. The van der Waals surface area contributed by atoms with Crippen LogP contribution < -0.4 is 0 Å². The molecule has 8 nitrogen and oxygen atoms in total. The van der Waals surface area contributed by atoms with Gasteiger partial charge in [0.2, 0.25) is 0 Å². The molecule has 8 heteroatoms. The normalized spacial score (nSPS) is 14.3. The van der Waals surface area contributed by atoms with Crippen molar-refractivity contribution in [1.82, 2.24) is 4.90 Å². The maximum absolute atomic E-state index is 11.4. The van der Waals surface area contributed by atoms with E-state index in [0.717, 1.165) is 4.90 Å². The lowest BCUT2D eigenvalue weighted by Crippen LogP contribution is -2.33. The van der Waals surface area contributed by atoms with Gasteiger partial charge in [0.05, 0.1) is 19.8 Å². The minimum Gasteiger partial charge on any atom is -0.463 e. The zero-order chi connectivity index (χ0) is 17.5. The number of imide groups is 1. The van der Waals surface area contributed by atoms with E-state index in [2.05, 4.69) is 0 Å². The molecule has 0 aliphatic carbocycles. The van der Waals surface area contributed by atoms with E-state index in [1.54, 1.807) is 20.8 Å². The fourth-order valence-corrected chi connectivity index (χ4v) is 1.67. The van der Waals surface area contributed by atoms with Gasteiger partial charge < -0.3 is 14.2 Å². The summed E-state index contributed by atoms with van der Waals surface area (Å²) in [6.07, 6.45) is 1.93. The first-order valence-corrected chi connectivity index (χ1v) is 7.18. The van der Waals surface area contributed by atoms with Crippen LogP contribution in [-0.2, 0) is 33.4 Å². The van der Waals surface area contributed by atoms with E-state index >= 15 is 0 Å². The quantitative estimate of drug-likeness (QED) is 0.272. The van der Waals surface area contributed by atoms with Gasteiger partial charge in [-0.3, -0.25) is 24.1 Å². The number of esters is 2. The van der Waals surface area contributed by atoms with Crippen molar-refractivity contribution >= 4 is 23.8 Å². The first-order chi connectivity index (χ1) is 10.7. The van der Waals surface area contributed by atoms with E-state index in [4.69, 9.17) is 14.2 Å². The van der Waals surface area contributed by atoms with Crippen molar-refractivity contribution in [3.05, 3.63) is 12.2 Å². The molecule has 2 amide bonds. The molecule has 0 aromatic rings. The third kappa shape index (κ3) is 7.55. The molecule has 0 saturated heterocycles. The molecule has 1 aliphatic rings. The summed E-state index contributed by atoms with van der Waals surface area (Å²) in [7, 11) is 0. The van der Waals surface area contributed by atoms with Gasteiger partial charge in [-0.1, -0.05) is 0 Å². The monoisotopic (exact) mass is 327 g/mol. The Bertz CT molecular complexity index is 486. The maximum Gasteiger partial charge on any atom is 0.317 e. The Kier molecular flexibility index (Phi) is 6.89. The van der Waals surface area contributed by atoms with E-state index < -0.39 is 24.0 Å². The highest BCUT2D eigenvalue weighted by molar-refractivity contribution is 6.12. The van der Waals surface area contributed by atoms with Crippen LogP contribution in [0.25, 0.3) is 0 Å². The predicted molar refractivity (Wildman–Crippen MR) is 78.1 cm³/mol. The molecule has 0 aromatic heterocycles. The van der Waals surface area contributed by atoms with Gasteiger partial charge in [0.25, 0.3) is 11.8 Å². The van der Waals surface area contributed by atoms with Crippen LogP contribution in [-0.4, -0.2) is 60.6 Å². The van der Waals surface area contributed by atoms with E-state index in [1.807, 2.05) is 0 Å². The Morgan fingerprint density at radius 2 is 1.61 bits per heavy atom. The molecule has 23 heavy (non-hydrogen) atoms. The number of nitrogens with zero attached hydrogens (tertiary/aromatic N) is 1. The number of ether oxygens (including phenoxy) is 3. The second-order valence-corrected chi connectivity index (χ2v) is 5.76. The van der Waals surface area contributed by atoms with Crippen molar-refractivity contribution in [3.8, 4) is 0 Å². The lowest BCUT2D eigenvalue weighted by Gasteiger charge is -2.19. The van der Waals surface area contributed by atoms with E-state index in [1.165, 1.54) is 12.2 Å². The second-order valence-electron chi connectivity index (χ2n) is 5.76. The molecule has 0 unspecified atom stereocenters. The number of carbonyl (C=O) groups excluding carboxylic acids is 4. The molecule has 0 fully saturated rings. The number of rotatable bonds is 8. The van der Waals surface area contributed by atoms with Crippen LogP contribution in [0.15, 0.2) is 12.2 Å². The predicted octanol–water partition coefficient (Wildman–Crippen LogP) is 0.203. The molecule has 0 radical (unpaired) electrons. The van der Waals surface area contributed by atoms with Crippen molar-refractivity contribution in [2.45, 2.75) is 32.8 Å². The number of hydrogen-bond acceptors (Lipinski definition) is 7. The molecule has 128 valence electrons. The minimum atomic E-state index is -0.697. The van der Waals surface area contributed by atoms with Gasteiger partial charge >= 0.3 is 11.9 Å². The largest absolute Gasteiger partial charge is 0.463 e. The van der Waals surface area contributed by atoms with Crippen LogP contribution in [0.1, 0.15) is 27.2 Å². The molecule has 1 rings (SSSR count). The molecular weight excluding hydrogens is 306 g/mol. The van der Waals surface area contributed by atoms with Crippen molar-refractivity contribution in [2.75, 3.05) is 26.4 Å². The van der Waals surface area contributed by atoms with Crippen molar-refractivity contribution in [1.29, 1.82) is 0 Å². The Morgan fingerprint density at radius 3 is 2.17 bits per heavy atom. The van der Waals surface area contributed by atoms with Crippen LogP contribution in [0.5, 0.6) is 0 Å². The number of carbonyl (C=O) groups is 4. The molecule has 0 aromatic carbocycles. The summed E-state index contributed by atoms with van der Waals surface area (Å²) in [5.74, 6) is -2.09. The first-order valence-electron chi connectivity index (χ1n) is 7.18. The van der Waals surface area contributed by atoms with Gasteiger partial charge in [-0.05, 0) is 20.8 Å². The van der Waals surface area contributed by atoms with E-state index in [9.17, 15) is 19.2 Å². The molecule has 0 N–H and O–H groups in total. The summed E-state index contributed by atoms with van der Waals surface area (Å²) < 4.78 is 15.0. The van der Waals surface area contributed by atoms with Crippen LogP contribution in [0.2, 0.25) is 0 Å². The van der Waals surface area contributed by atoms with Crippen LogP contribution in [0, 0.1) is 0 Å². The van der Waals surface area contributed by atoms with Gasteiger partial charge in [-0.2, -0.15) is 0 Å². The van der Waals surface area contributed by atoms with Gasteiger partial charge in [-0.15, -0.1) is 0 Å². The zero-order valence-electron chi connectivity index (χ0n) is 13.5. The Morgan fingerprint density at radius 1 is 1.00 bits per heavy atom. The summed E-state index contributed by atoms with van der Waals surface area (Å²) >= 11 is 0. The summed E-state index contributed by atoms with van der Waals surface area (Å²) in [6.45, 7) is 5.46. The van der Waals surface area contributed by atoms with Crippen LogP contribution >= 0.6 is 0 Å². The van der Waals surface area contributed by atoms with Crippen molar-refractivity contribution in [3.63, 3.8) is 0 Å². The van der Waals surface area contributed by atoms with Gasteiger partial charge in [0.15, 0.2) is 0 Å². The van der Waals surface area contributed by atoms with Crippen molar-refractivity contribution in [2.24, 2.45) is 0 Å². The highest BCUT2D eigenvalue weighted by Gasteiger charge is 2.22. The highest BCUT2D eigenvalue weighted by Crippen LogP contribution is 2.08. The first kappa shape index (κ1) is 18.8. The summed E-state index contributed by atoms with van der Waals surface area (Å²) in [5.41, 5.74) is -0.653. The van der Waals surface area contributed by atoms with Gasteiger partial charge in [0, 0.05) is 12.2 Å². The minimum absolute atomic E-state index is 0.0260. The molecule has 0 bridgehead atoms.